The van der Waals surface area contributed by atoms with E-state index in [1.807, 2.05) is 19.1 Å². The van der Waals surface area contributed by atoms with Gasteiger partial charge in [0.15, 0.2) is 0 Å². The van der Waals surface area contributed by atoms with Gasteiger partial charge in [0, 0.05) is 13.1 Å². The van der Waals surface area contributed by atoms with Crippen LogP contribution in [0.3, 0.4) is 0 Å². The minimum Gasteiger partial charge on any atom is -0.392 e. The number of amidine groups is 1. The molecular formula is C12H18N2O. The summed E-state index contributed by atoms with van der Waals surface area (Å²) in [5, 5.41) is 12.2. The summed E-state index contributed by atoms with van der Waals surface area (Å²) in [6.45, 7) is 7.53. The number of aliphatic hydroxyl groups is 1. The molecule has 0 radical (unpaired) electrons. The van der Waals surface area contributed by atoms with Crippen LogP contribution in [-0.4, -0.2) is 30.6 Å². The Kier molecular flexibility index (Phi) is 4.84. The molecule has 1 rings (SSSR count). The van der Waals surface area contributed by atoms with Gasteiger partial charge in [0.1, 0.15) is 5.84 Å². The molecule has 0 aliphatic carbocycles. The van der Waals surface area contributed by atoms with Crippen LogP contribution < -0.4 is 5.32 Å². The van der Waals surface area contributed by atoms with E-state index in [9.17, 15) is 0 Å². The largest absolute Gasteiger partial charge is 0.392 e. The molecule has 0 atom stereocenters. The van der Waals surface area contributed by atoms with Crippen LogP contribution in [0.15, 0.2) is 40.9 Å². The van der Waals surface area contributed by atoms with E-state index in [4.69, 9.17) is 5.11 Å². The summed E-state index contributed by atoms with van der Waals surface area (Å²) in [6.07, 6.45) is 6.56. The van der Waals surface area contributed by atoms with Gasteiger partial charge in [-0.3, -0.25) is 4.99 Å². The van der Waals surface area contributed by atoms with E-state index >= 15 is 0 Å². The number of nitrogens with one attached hydrogen (secondary N) is 1. The molecule has 0 aromatic carbocycles. The maximum Gasteiger partial charge on any atom is 0.123 e. The molecule has 0 unspecified atom stereocenters. The van der Waals surface area contributed by atoms with Gasteiger partial charge in [0.05, 0.1) is 6.61 Å². The molecule has 0 saturated carbocycles. The molecule has 0 amide bonds. The van der Waals surface area contributed by atoms with Crippen LogP contribution in [0.1, 0.15) is 13.3 Å². The maximum absolute atomic E-state index is 8.93. The highest BCUT2D eigenvalue weighted by atomic mass is 16.3. The predicted octanol–water partition coefficient (Wildman–Crippen LogP) is 1.43. The molecule has 0 aromatic rings. The number of hydrogen-bond donors (Lipinski definition) is 2. The summed E-state index contributed by atoms with van der Waals surface area (Å²) in [5.74, 6) is 0.957. The average Bonchev–Trinajstić information content (AvgIpc) is 2.31. The Balaban J connectivity index is 2.70. The molecule has 0 spiro atoms. The van der Waals surface area contributed by atoms with E-state index < -0.39 is 0 Å². The Labute approximate surface area is 90.9 Å². The summed E-state index contributed by atoms with van der Waals surface area (Å²) < 4.78 is 0. The van der Waals surface area contributed by atoms with E-state index in [2.05, 4.69) is 16.9 Å². The van der Waals surface area contributed by atoms with Crippen molar-refractivity contribution in [2.75, 3.05) is 19.7 Å². The average molecular weight is 206 g/mol. The molecule has 1 heterocycles. The third-order valence-electron chi connectivity index (χ3n) is 2.26. The third kappa shape index (κ3) is 3.72. The fourth-order valence-corrected chi connectivity index (χ4v) is 1.29. The smallest absolute Gasteiger partial charge is 0.123 e. The monoisotopic (exact) mass is 206 g/mol. The Bertz CT molecular complexity index is 314. The van der Waals surface area contributed by atoms with E-state index in [1.165, 1.54) is 0 Å². The Hall–Kier alpha value is -1.35. The molecule has 2 N–H and O–H groups in total. The van der Waals surface area contributed by atoms with Crippen LogP contribution >= 0.6 is 0 Å². The fraction of sp³-hybridized carbons (Fsp3) is 0.417. The molecule has 3 nitrogen and oxygen atoms in total. The van der Waals surface area contributed by atoms with Crippen LogP contribution in [-0.2, 0) is 0 Å². The number of aliphatic hydroxyl groups excluding tert-OH is 1. The lowest BCUT2D eigenvalue weighted by Crippen LogP contribution is -2.30. The van der Waals surface area contributed by atoms with E-state index in [0.717, 1.165) is 36.5 Å². The predicted molar refractivity (Wildman–Crippen MR) is 64.0 cm³/mol. The van der Waals surface area contributed by atoms with Crippen molar-refractivity contribution in [1.82, 2.24) is 5.32 Å². The van der Waals surface area contributed by atoms with Crippen molar-refractivity contribution in [2.45, 2.75) is 13.3 Å². The lowest BCUT2D eigenvalue weighted by Gasteiger charge is -2.14. The summed E-state index contributed by atoms with van der Waals surface area (Å²) in [4.78, 5) is 4.38. The van der Waals surface area contributed by atoms with Crippen LogP contribution in [0.2, 0.25) is 0 Å². The van der Waals surface area contributed by atoms with Crippen LogP contribution in [0, 0.1) is 0 Å². The van der Waals surface area contributed by atoms with E-state index in [-0.39, 0.29) is 6.61 Å². The van der Waals surface area contributed by atoms with Crippen molar-refractivity contribution < 1.29 is 5.11 Å². The molecule has 0 saturated heterocycles. The second-order valence-electron chi connectivity index (χ2n) is 3.46. The first-order valence-corrected chi connectivity index (χ1v) is 5.17. The first-order chi connectivity index (χ1) is 7.27. The molecule has 3 heteroatoms. The number of allylic oxidation sites excluding steroid dienone is 2. The van der Waals surface area contributed by atoms with E-state index in [1.54, 1.807) is 6.08 Å². The lowest BCUT2D eigenvalue weighted by molar-refractivity contribution is 0.335. The van der Waals surface area contributed by atoms with Crippen molar-refractivity contribution in [1.29, 1.82) is 0 Å². The standard InChI is InChI=1S/C12H18N2O/c1-3-11(9-15)6-5-10(2)12-13-7-4-8-14-12/h3,5-6,15H,1,4,7-9H2,2H3,(H,13,14)/b10-5+,11-6+. The van der Waals surface area contributed by atoms with Crippen molar-refractivity contribution in [3.8, 4) is 0 Å². The lowest BCUT2D eigenvalue weighted by atomic mass is 10.2. The van der Waals surface area contributed by atoms with Gasteiger partial charge in [0.25, 0.3) is 0 Å². The third-order valence-corrected chi connectivity index (χ3v) is 2.26. The highest BCUT2D eigenvalue weighted by Gasteiger charge is 2.04. The first kappa shape index (κ1) is 11.7. The second kappa shape index (κ2) is 6.19. The number of nitrogens with zero attached hydrogens (tertiary/aromatic N) is 1. The van der Waals surface area contributed by atoms with Gasteiger partial charge >= 0.3 is 0 Å². The molecule has 1 aliphatic heterocycles. The normalized spacial score (nSPS) is 18.1. The van der Waals surface area contributed by atoms with Crippen LogP contribution in [0.25, 0.3) is 0 Å². The van der Waals surface area contributed by atoms with Crippen molar-refractivity contribution in [3.05, 3.63) is 36.0 Å². The minimum absolute atomic E-state index is 0.0210. The molecule has 0 fully saturated rings. The second-order valence-corrected chi connectivity index (χ2v) is 3.46. The van der Waals surface area contributed by atoms with Crippen molar-refractivity contribution >= 4 is 5.84 Å². The van der Waals surface area contributed by atoms with Gasteiger partial charge < -0.3 is 10.4 Å². The zero-order valence-corrected chi connectivity index (χ0v) is 9.16. The number of rotatable bonds is 4. The van der Waals surface area contributed by atoms with Gasteiger partial charge in [0.2, 0.25) is 0 Å². The zero-order chi connectivity index (χ0) is 11.1. The highest BCUT2D eigenvalue weighted by molar-refractivity contribution is 5.98. The van der Waals surface area contributed by atoms with Gasteiger partial charge in [-0.2, -0.15) is 0 Å². The quantitative estimate of drug-likeness (QED) is 0.683. The van der Waals surface area contributed by atoms with Gasteiger partial charge in [-0.05, 0) is 24.5 Å². The molecule has 0 aromatic heterocycles. The minimum atomic E-state index is 0.0210. The van der Waals surface area contributed by atoms with Gasteiger partial charge in [-0.15, -0.1) is 0 Å². The maximum atomic E-state index is 8.93. The summed E-state index contributed by atoms with van der Waals surface area (Å²) in [7, 11) is 0. The summed E-state index contributed by atoms with van der Waals surface area (Å²) in [6, 6.07) is 0. The Morgan fingerprint density at radius 3 is 2.93 bits per heavy atom. The summed E-state index contributed by atoms with van der Waals surface area (Å²) in [5.41, 5.74) is 1.90. The van der Waals surface area contributed by atoms with Crippen molar-refractivity contribution in [2.24, 2.45) is 4.99 Å². The first-order valence-electron chi connectivity index (χ1n) is 5.17. The van der Waals surface area contributed by atoms with Crippen molar-refractivity contribution in [3.63, 3.8) is 0 Å². The number of aliphatic imine (C=N–C) groups is 1. The zero-order valence-electron chi connectivity index (χ0n) is 9.16. The topological polar surface area (TPSA) is 44.6 Å². The summed E-state index contributed by atoms with van der Waals surface area (Å²) >= 11 is 0. The number of hydrogen-bond acceptors (Lipinski definition) is 3. The molecule has 82 valence electrons. The van der Waals surface area contributed by atoms with Crippen LogP contribution in [0.5, 0.6) is 0 Å². The van der Waals surface area contributed by atoms with Gasteiger partial charge in [-0.1, -0.05) is 24.8 Å². The molecule has 0 bridgehead atoms. The Morgan fingerprint density at radius 2 is 2.40 bits per heavy atom. The molecular weight excluding hydrogens is 188 g/mol. The van der Waals surface area contributed by atoms with E-state index in [0.29, 0.717) is 0 Å². The van der Waals surface area contributed by atoms with Gasteiger partial charge in [-0.25, -0.2) is 0 Å². The Morgan fingerprint density at radius 1 is 1.60 bits per heavy atom. The SMILES string of the molecule is C=C/C(=C\C=C(/C)C1=NCCCN1)CO. The highest BCUT2D eigenvalue weighted by Crippen LogP contribution is 2.02. The molecule has 1 aliphatic rings. The molecule has 15 heavy (non-hydrogen) atoms. The van der Waals surface area contributed by atoms with Crippen LogP contribution in [0.4, 0.5) is 0 Å². The fourth-order valence-electron chi connectivity index (χ4n) is 1.29.